The van der Waals surface area contributed by atoms with Crippen molar-refractivity contribution in [1.29, 1.82) is 0 Å². The molecule has 88 valence electrons. The number of hydrogen-bond donors (Lipinski definition) is 0. The van der Waals surface area contributed by atoms with E-state index in [1.54, 1.807) is 0 Å². The van der Waals surface area contributed by atoms with Crippen LogP contribution < -0.4 is 0 Å². The van der Waals surface area contributed by atoms with Crippen LogP contribution in [0.1, 0.15) is 39.5 Å². The van der Waals surface area contributed by atoms with Crippen molar-refractivity contribution < 1.29 is 0 Å². The number of unbranched alkanes of at least 4 members (excludes halogenated alkanes) is 1. The van der Waals surface area contributed by atoms with E-state index >= 15 is 0 Å². The highest BCUT2D eigenvalue weighted by Gasteiger charge is 2.43. The van der Waals surface area contributed by atoms with Gasteiger partial charge in [-0.25, -0.2) is 0 Å². The van der Waals surface area contributed by atoms with E-state index in [9.17, 15) is 0 Å². The van der Waals surface area contributed by atoms with Gasteiger partial charge in [-0.15, -0.1) is 0 Å². The predicted molar refractivity (Wildman–Crippen MR) is 65.1 cm³/mol. The van der Waals surface area contributed by atoms with Crippen molar-refractivity contribution in [3.8, 4) is 0 Å². The molecule has 0 N–H and O–H groups in total. The molecule has 0 aromatic carbocycles. The fourth-order valence-corrected chi connectivity index (χ4v) is 3.07. The fraction of sp³-hybridized carbons (Fsp3) is 1.00. The summed E-state index contributed by atoms with van der Waals surface area (Å²) in [5, 5.41) is 0. The summed E-state index contributed by atoms with van der Waals surface area (Å²) in [6, 6.07) is 0. The Morgan fingerprint density at radius 2 is 1.67 bits per heavy atom. The number of hydrogen-bond acceptors (Lipinski definition) is 2. The smallest absolute Gasteiger partial charge is 0.00513 e. The van der Waals surface area contributed by atoms with Crippen LogP contribution in [0.4, 0.5) is 0 Å². The highest BCUT2D eigenvalue weighted by molar-refractivity contribution is 4.97. The molecule has 2 aliphatic heterocycles. The van der Waals surface area contributed by atoms with E-state index in [4.69, 9.17) is 0 Å². The van der Waals surface area contributed by atoms with Gasteiger partial charge in [-0.1, -0.05) is 20.3 Å². The highest BCUT2D eigenvalue weighted by atomic mass is 15.2. The van der Waals surface area contributed by atoms with Gasteiger partial charge in [0.1, 0.15) is 0 Å². The molecular weight excluding hydrogens is 184 g/mol. The van der Waals surface area contributed by atoms with Gasteiger partial charge in [0.05, 0.1) is 0 Å². The SMILES string of the molecule is CCCCN1CCC2(CC1)CN(CC)C2. The number of nitrogens with zero attached hydrogens (tertiary/aromatic N) is 2. The Labute approximate surface area is 94.6 Å². The highest BCUT2D eigenvalue weighted by Crippen LogP contribution is 2.39. The van der Waals surface area contributed by atoms with Gasteiger partial charge in [-0.2, -0.15) is 0 Å². The molecule has 2 heterocycles. The standard InChI is InChI=1S/C13H26N2/c1-3-5-8-15-9-6-13(7-10-15)11-14(4-2)12-13/h3-12H2,1-2H3. The van der Waals surface area contributed by atoms with Crippen LogP contribution >= 0.6 is 0 Å². The van der Waals surface area contributed by atoms with Gasteiger partial charge in [0.15, 0.2) is 0 Å². The van der Waals surface area contributed by atoms with Crippen molar-refractivity contribution in [2.45, 2.75) is 39.5 Å². The molecule has 2 fully saturated rings. The van der Waals surface area contributed by atoms with Crippen molar-refractivity contribution in [1.82, 2.24) is 9.80 Å². The third kappa shape index (κ3) is 2.54. The van der Waals surface area contributed by atoms with Crippen LogP contribution in [-0.2, 0) is 0 Å². The van der Waals surface area contributed by atoms with Gasteiger partial charge in [0.2, 0.25) is 0 Å². The van der Waals surface area contributed by atoms with Crippen molar-refractivity contribution in [2.75, 3.05) is 39.3 Å². The molecular formula is C13H26N2. The molecule has 0 bridgehead atoms. The molecule has 2 saturated heterocycles. The summed E-state index contributed by atoms with van der Waals surface area (Å²) in [7, 11) is 0. The zero-order valence-corrected chi connectivity index (χ0v) is 10.5. The number of piperidine rings is 1. The van der Waals surface area contributed by atoms with Gasteiger partial charge in [0, 0.05) is 13.1 Å². The van der Waals surface area contributed by atoms with E-state index in [1.807, 2.05) is 0 Å². The molecule has 2 nitrogen and oxygen atoms in total. The maximum absolute atomic E-state index is 2.67. The zero-order valence-electron chi connectivity index (χ0n) is 10.5. The topological polar surface area (TPSA) is 6.48 Å². The summed E-state index contributed by atoms with van der Waals surface area (Å²) < 4.78 is 0. The molecule has 2 rings (SSSR count). The molecule has 2 heteroatoms. The van der Waals surface area contributed by atoms with Crippen LogP contribution in [0.3, 0.4) is 0 Å². The lowest BCUT2D eigenvalue weighted by Crippen LogP contribution is -2.60. The molecule has 1 spiro atoms. The summed E-state index contributed by atoms with van der Waals surface area (Å²) >= 11 is 0. The van der Waals surface area contributed by atoms with Crippen LogP contribution in [0.25, 0.3) is 0 Å². The third-order valence-electron chi connectivity index (χ3n) is 4.31. The van der Waals surface area contributed by atoms with Crippen molar-refractivity contribution in [3.63, 3.8) is 0 Å². The maximum Gasteiger partial charge on any atom is 0.00513 e. The molecule has 0 amide bonds. The first kappa shape index (κ1) is 11.4. The molecule has 15 heavy (non-hydrogen) atoms. The van der Waals surface area contributed by atoms with Crippen molar-refractivity contribution in [3.05, 3.63) is 0 Å². The first-order valence-corrected chi connectivity index (χ1v) is 6.73. The van der Waals surface area contributed by atoms with Gasteiger partial charge in [-0.3, -0.25) is 0 Å². The number of rotatable bonds is 4. The number of likely N-dealkylation sites (tertiary alicyclic amines) is 2. The Bertz CT molecular complexity index is 187. The Kier molecular flexibility index (Phi) is 3.68. The Balaban J connectivity index is 1.69. The Morgan fingerprint density at radius 3 is 2.20 bits per heavy atom. The molecule has 0 aromatic heterocycles. The largest absolute Gasteiger partial charge is 0.303 e. The molecule has 0 saturated carbocycles. The second kappa shape index (κ2) is 4.84. The predicted octanol–water partition coefficient (Wildman–Crippen LogP) is 2.20. The summed E-state index contributed by atoms with van der Waals surface area (Å²) in [6.07, 6.45) is 5.62. The van der Waals surface area contributed by atoms with E-state index in [1.165, 1.54) is 65.0 Å². The molecule has 0 aromatic rings. The Hall–Kier alpha value is -0.0800. The van der Waals surface area contributed by atoms with Gasteiger partial charge >= 0.3 is 0 Å². The van der Waals surface area contributed by atoms with E-state index in [-0.39, 0.29) is 0 Å². The van der Waals surface area contributed by atoms with E-state index in [2.05, 4.69) is 23.6 Å². The lowest BCUT2D eigenvalue weighted by atomic mass is 9.72. The Morgan fingerprint density at radius 1 is 1.00 bits per heavy atom. The van der Waals surface area contributed by atoms with Gasteiger partial charge in [0.25, 0.3) is 0 Å². The van der Waals surface area contributed by atoms with E-state index in [0.717, 1.165) is 5.41 Å². The quantitative estimate of drug-likeness (QED) is 0.702. The monoisotopic (exact) mass is 210 g/mol. The summed E-state index contributed by atoms with van der Waals surface area (Å²) in [5.41, 5.74) is 0.735. The second-order valence-electron chi connectivity index (χ2n) is 5.50. The van der Waals surface area contributed by atoms with Crippen LogP contribution in [0, 0.1) is 5.41 Å². The van der Waals surface area contributed by atoms with Crippen LogP contribution in [-0.4, -0.2) is 49.1 Å². The summed E-state index contributed by atoms with van der Waals surface area (Å²) in [6.45, 7) is 12.6. The zero-order chi connectivity index (χ0) is 10.7. The van der Waals surface area contributed by atoms with Crippen LogP contribution in [0.2, 0.25) is 0 Å². The average Bonchev–Trinajstić information content (AvgIpc) is 2.24. The van der Waals surface area contributed by atoms with E-state index < -0.39 is 0 Å². The molecule has 0 unspecified atom stereocenters. The first-order chi connectivity index (χ1) is 7.28. The molecule has 0 radical (unpaired) electrons. The summed E-state index contributed by atoms with van der Waals surface area (Å²) in [4.78, 5) is 5.26. The van der Waals surface area contributed by atoms with Gasteiger partial charge in [-0.05, 0) is 50.9 Å². The first-order valence-electron chi connectivity index (χ1n) is 6.73. The maximum atomic E-state index is 2.67. The molecule has 0 atom stereocenters. The molecule has 2 aliphatic rings. The summed E-state index contributed by atoms with van der Waals surface area (Å²) in [5.74, 6) is 0. The minimum atomic E-state index is 0.735. The normalized spacial score (nSPS) is 26.8. The fourth-order valence-electron chi connectivity index (χ4n) is 3.07. The molecule has 0 aliphatic carbocycles. The van der Waals surface area contributed by atoms with Crippen molar-refractivity contribution in [2.24, 2.45) is 5.41 Å². The van der Waals surface area contributed by atoms with Crippen LogP contribution in [0.5, 0.6) is 0 Å². The lowest BCUT2D eigenvalue weighted by Gasteiger charge is -2.54. The van der Waals surface area contributed by atoms with Crippen LogP contribution in [0.15, 0.2) is 0 Å². The second-order valence-corrected chi connectivity index (χ2v) is 5.50. The minimum Gasteiger partial charge on any atom is -0.303 e. The van der Waals surface area contributed by atoms with Gasteiger partial charge < -0.3 is 9.80 Å². The van der Waals surface area contributed by atoms with Crippen molar-refractivity contribution >= 4 is 0 Å². The average molecular weight is 210 g/mol. The lowest BCUT2D eigenvalue weighted by molar-refractivity contribution is -0.0434. The minimum absolute atomic E-state index is 0.735. The van der Waals surface area contributed by atoms with E-state index in [0.29, 0.717) is 0 Å². The third-order valence-corrected chi connectivity index (χ3v) is 4.31.